The van der Waals surface area contributed by atoms with Crippen LogP contribution in [0.1, 0.15) is 33.1 Å². The number of hydrogen-bond acceptors (Lipinski definition) is 1. The number of hydrogen-bond donors (Lipinski definition) is 1. The van der Waals surface area contributed by atoms with Crippen LogP contribution in [0.25, 0.3) is 0 Å². The Morgan fingerprint density at radius 1 is 1.58 bits per heavy atom. The maximum Gasteiger partial charge on any atom is 0.0529 e. The van der Waals surface area contributed by atoms with E-state index in [1.807, 2.05) is 0 Å². The fourth-order valence-corrected chi connectivity index (χ4v) is 3.37. The fraction of sp³-hybridized carbons (Fsp3) is 0.818. The van der Waals surface area contributed by atoms with E-state index >= 15 is 0 Å². The highest BCUT2D eigenvalue weighted by atomic mass is 16.3. The molecule has 2 saturated carbocycles. The van der Waals surface area contributed by atoms with E-state index in [1.165, 1.54) is 12.0 Å². The molecule has 0 unspecified atom stereocenters. The van der Waals surface area contributed by atoms with Gasteiger partial charge in [-0.15, -0.1) is 0 Å². The van der Waals surface area contributed by atoms with Crippen LogP contribution in [0.15, 0.2) is 12.2 Å². The van der Waals surface area contributed by atoms with Crippen LogP contribution in [-0.4, -0.2) is 11.7 Å². The first kappa shape index (κ1) is 8.31. The molecular weight excluding hydrogens is 148 g/mol. The highest BCUT2D eigenvalue weighted by Crippen LogP contribution is 2.67. The van der Waals surface area contributed by atoms with Crippen molar-refractivity contribution in [1.82, 2.24) is 0 Å². The quantitative estimate of drug-likeness (QED) is 0.593. The normalized spacial score (nSPS) is 43.9. The van der Waals surface area contributed by atoms with E-state index in [0.29, 0.717) is 12.0 Å². The minimum Gasteiger partial charge on any atom is -0.395 e. The van der Waals surface area contributed by atoms with Crippen LogP contribution in [0.4, 0.5) is 0 Å². The van der Waals surface area contributed by atoms with Gasteiger partial charge in [0.15, 0.2) is 0 Å². The van der Waals surface area contributed by atoms with Gasteiger partial charge in [0.05, 0.1) is 6.61 Å². The molecule has 0 heterocycles. The molecule has 0 aliphatic heterocycles. The number of aliphatic hydroxyl groups is 1. The Kier molecular flexibility index (Phi) is 1.48. The van der Waals surface area contributed by atoms with E-state index in [4.69, 9.17) is 0 Å². The average molecular weight is 166 g/mol. The lowest BCUT2D eigenvalue weighted by Gasteiger charge is -2.37. The summed E-state index contributed by atoms with van der Waals surface area (Å²) in [7, 11) is 0. The second-order valence-electron chi connectivity index (χ2n) is 5.01. The number of aliphatic hydroxyl groups excluding tert-OH is 1. The van der Waals surface area contributed by atoms with Crippen molar-refractivity contribution in [2.75, 3.05) is 6.61 Å². The van der Waals surface area contributed by atoms with Gasteiger partial charge in [-0.25, -0.2) is 0 Å². The summed E-state index contributed by atoms with van der Waals surface area (Å²) in [6.45, 7) is 9.00. The Hall–Kier alpha value is -0.300. The Bertz CT molecular complexity index is 229. The van der Waals surface area contributed by atoms with Crippen LogP contribution in [0.5, 0.6) is 0 Å². The smallest absolute Gasteiger partial charge is 0.0529 e. The maximum atomic E-state index is 9.49. The summed E-state index contributed by atoms with van der Waals surface area (Å²) >= 11 is 0. The zero-order chi connectivity index (χ0) is 8.98. The first-order chi connectivity index (χ1) is 5.54. The SMILES string of the molecule is C=C1C[C@@H]2CC[C@@]1(CO)C2(C)C. The summed E-state index contributed by atoms with van der Waals surface area (Å²) in [6, 6.07) is 0. The molecule has 68 valence electrons. The zero-order valence-corrected chi connectivity index (χ0v) is 8.06. The third-order valence-corrected chi connectivity index (χ3v) is 4.61. The summed E-state index contributed by atoms with van der Waals surface area (Å²) in [6.07, 6.45) is 3.58. The molecule has 0 aromatic rings. The molecule has 2 aliphatic carbocycles. The Morgan fingerprint density at radius 3 is 2.50 bits per heavy atom. The molecule has 2 rings (SSSR count). The van der Waals surface area contributed by atoms with Crippen molar-refractivity contribution in [1.29, 1.82) is 0 Å². The van der Waals surface area contributed by atoms with Gasteiger partial charge < -0.3 is 5.11 Å². The minimum atomic E-state index is 0.0671. The van der Waals surface area contributed by atoms with Crippen molar-refractivity contribution in [3.05, 3.63) is 12.2 Å². The second kappa shape index (κ2) is 2.14. The molecule has 0 saturated heterocycles. The van der Waals surface area contributed by atoms with E-state index in [9.17, 15) is 5.11 Å². The van der Waals surface area contributed by atoms with Gasteiger partial charge in [0.1, 0.15) is 0 Å². The van der Waals surface area contributed by atoms with Crippen molar-refractivity contribution in [3.63, 3.8) is 0 Å². The fourth-order valence-electron chi connectivity index (χ4n) is 3.37. The second-order valence-corrected chi connectivity index (χ2v) is 5.01. The largest absolute Gasteiger partial charge is 0.395 e. The van der Waals surface area contributed by atoms with Crippen LogP contribution in [0.2, 0.25) is 0 Å². The lowest BCUT2D eigenvalue weighted by Crippen LogP contribution is -2.34. The molecule has 2 aliphatic rings. The highest BCUT2D eigenvalue weighted by Gasteiger charge is 2.60. The molecule has 0 amide bonds. The van der Waals surface area contributed by atoms with E-state index in [1.54, 1.807) is 0 Å². The average Bonchev–Trinajstić information content (AvgIpc) is 2.36. The topological polar surface area (TPSA) is 20.2 Å². The summed E-state index contributed by atoms with van der Waals surface area (Å²) in [5, 5.41) is 9.49. The lowest BCUT2D eigenvalue weighted by molar-refractivity contribution is 0.0745. The molecule has 2 atom stereocenters. The third kappa shape index (κ3) is 0.646. The molecular formula is C11H18O. The van der Waals surface area contributed by atoms with E-state index in [0.717, 1.165) is 18.8 Å². The molecule has 1 nitrogen and oxygen atoms in total. The molecule has 1 heteroatoms. The van der Waals surface area contributed by atoms with Gasteiger partial charge in [0.2, 0.25) is 0 Å². The Labute approximate surface area is 74.5 Å². The molecule has 12 heavy (non-hydrogen) atoms. The van der Waals surface area contributed by atoms with Gasteiger partial charge in [-0.3, -0.25) is 0 Å². The first-order valence-electron chi connectivity index (χ1n) is 4.84. The van der Waals surface area contributed by atoms with Gasteiger partial charge in [-0.1, -0.05) is 26.0 Å². The van der Waals surface area contributed by atoms with Gasteiger partial charge in [0, 0.05) is 5.41 Å². The lowest BCUT2D eigenvalue weighted by atomic mass is 9.68. The standard InChI is InChI=1S/C11H18O/c1-8-6-9-4-5-11(8,7-12)10(9,2)3/h9,12H,1,4-7H2,2-3H3/t9-,11-/m0/s1. The van der Waals surface area contributed by atoms with Crippen LogP contribution in [-0.2, 0) is 0 Å². The summed E-state index contributed by atoms with van der Waals surface area (Å²) in [4.78, 5) is 0. The molecule has 2 bridgehead atoms. The van der Waals surface area contributed by atoms with Crippen LogP contribution in [0.3, 0.4) is 0 Å². The van der Waals surface area contributed by atoms with Crippen LogP contribution in [0, 0.1) is 16.7 Å². The van der Waals surface area contributed by atoms with Crippen molar-refractivity contribution in [2.45, 2.75) is 33.1 Å². The Morgan fingerprint density at radius 2 is 2.25 bits per heavy atom. The third-order valence-electron chi connectivity index (χ3n) is 4.61. The van der Waals surface area contributed by atoms with Gasteiger partial charge in [0.25, 0.3) is 0 Å². The predicted octanol–water partition coefficient (Wildman–Crippen LogP) is 2.36. The van der Waals surface area contributed by atoms with Gasteiger partial charge >= 0.3 is 0 Å². The molecule has 0 aromatic carbocycles. The molecule has 0 aromatic heterocycles. The Balaban J connectivity index is 2.46. The summed E-state index contributed by atoms with van der Waals surface area (Å²) in [5.74, 6) is 0.775. The van der Waals surface area contributed by atoms with Crippen LogP contribution < -0.4 is 0 Å². The van der Waals surface area contributed by atoms with Crippen molar-refractivity contribution in [2.24, 2.45) is 16.7 Å². The summed E-state index contributed by atoms with van der Waals surface area (Å²) in [5.41, 5.74) is 1.66. The maximum absolute atomic E-state index is 9.49. The number of fused-ring (bicyclic) bond motifs is 2. The summed E-state index contributed by atoms with van der Waals surface area (Å²) < 4.78 is 0. The van der Waals surface area contributed by atoms with Gasteiger partial charge in [-0.05, 0) is 30.6 Å². The molecule has 2 fully saturated rings. The van der Waals surface area contributed by atoms with E-state index in [2.05, 4.69) is 20.4 Å². The minimum absolute atomic E-state index is 0.0671. The highest BCUT2D eigenvalue weighted by molar-refractivity contribution is 5.28. The molecule has 0 radical (unpaired) electrons. The van der Waals surface area contributed by atoms with Crippen molar-refractivity contribution >= 4 is 0 Å². The van der Waals surface area contributed by atoms with Crippen molar-refractivity contribution in [3.8, 4) is 0 Å². The molecule has 1 N–H and O–H groups in total. The van der Waals surface area contributed by atoms with E-state index in [-0.39, 0.29) is 5.41 Å². The monoisotopic (exact) mass is 166 g/mol. The van der Waals surface area contributed by atoms with Crippen molar-refractivity contribution < 1.29 is 5.11 Å². The van der Waals surface area contributed by atoms with E-state index < -0.39 is 0 Å². The number of rotatable bonds is 1. The van der Waals surface area contributed by atoms with Crippen LogP contribution >= 0.6 is 0 Å². The molecule has 0 spiro atoms. The first-order valence-corrected chi connectivity index (χ1v) is 4.84. The predicted molar refractivity (Wildman–Crippen MR) is 49.8 cm³/mol. The zero-order valence-electron chi connectivity index (χ0n) is 8.06. The van der Waals surface area contributed by atoms with Gasteiger partial charge in [-0.2, -0.15) is 0 Å².